The van der Waals surface area contributed by atoms with E-state index in [9.17, 15) is 19.2 Å². The van der Waals surface area contributed by atoms with Gasteiger partial charge >= 0.3 is 20.2 Å². The van der Waals surface area contributed by atoms with Crippen LogP contribution in [-0.2, 0) is 59.6 Å². The molecule has 0 saturated carbocycles. The van der Waals surface area contributed by atoms with Crippen LogP contribution in [0.2, 0.25) is 0 Å². The van der Waals surface area contributed by atoms with Crippen LogP contribution in [-0.4, -0.2) is 63.7 Å². The molecule has 0 aromatic heterocycles. The minimum Gasteiger partial charge on any atom is -0.466 e. The summed E-state index contributed by atoms with van der Waals surface area (Å²) in [5, 5.41) is -1.20. The number of esters is 2. The molecule has 246 valence electrons. The molecule has 2 aromatic rings. The van der Waals surface area contributed by atoms with Gasteiger partial charge in [0.1, 0.15) is 12.2 Å². The van der Waals surface area contributed by atoms with Crippen molar-refractivity contribution in [3.05, 3.63) is 71.8 Å². The van der Waals surface area contributed by atoms with Gasteiger partial charge in [-0.1, -0.05) is 60.7 Å². The van der Waals surface area contributed by atoms with Crippen LogP contribution in [0.3, 0.4) is 0 Å². The number of ketones is 2. The smallest absolute Gasteiger partial charge is 0.331 e. The number of carbonyl (C=O) groups excluding carboxylic acids is 4. The highest BCUT2D eigenvalue weighted by atomic mass is 36.0. The van der Waals surface area contributed by atoms with Gasteiger partial charge in [-0.3, -0.25) is 14.4 Å². The van der Waals surface area contributed by atoms with Gasteiger partial charge in [-0.2, -0.15) is 8.42 Å². The maximum Gasteiger partial charge on any atom is 0.331 e. The number of alkyl halides is 1. The molecule has 0 heterocycles. The van der Waals surface area contributed by atoms with E-state index in [1.807, 2.05) is 60.7 Å². The molecule has 2 rings (SSSR count). The van der Waals surface area contributed by atoms with Crippen LogP contribution < -0.4 is 0 Å². The van der Waals surface area contributed by atoms with E-state index in [1.54, 1.807) is 13.8 Å². The monoisotopic (exact) mass is 696 g/mol. The number of rotatable bonds is 18. The molecule has 1 unspecified atom stereocenters. The molecule has 0 aliphatic carbocycles. The number of hydrogen-bond donors (Lipinski definition) is 0. The number of hydrogen-bond acceptors (Lipinski definition) is 10. The highest BCUT2D eigenvalue weighted by Gasteiger charge is 2.24. The van der Waals surface area contributed by atoms with E-state index in [4.69, 9.17) is 34.2 Å². The Hall–Kier alpha value is -2.54. The van der Waals surface area contributed by atoms with Gasteiger partial charge in [-0.15, -0.1) is 11.6 Å². The summed E-state index contributed by atoms with van der Waals surface area (Å²) >= 11 is 5.70. The standard InChI is InChI=1S/C15H19ClO4.C15H20O4.Cl2O2S/c1-2-20-15(18)14(16)13(17)9-6-10-19-11-12-7-4-3-5-8-12;1-2-19-15(17)11-14(16)9-6-10-18-12-13-7-4-3-5-8-13;1-5(2,3)4/h3-5,7-8,14H,2,6,9-11H2,1H3;3-5,7-8H,2,6,9-12H2,1H3;. The number of halogens is 3. The lowest BCUT2D eigenvalue weighted by molar-refractivity contribution is -0.146. The molecule has 0 spiro atoms. The first kappa shape index (κ1) is 41.5. The highest BCUT2D eigenvalue weighted by Crippen LogP contribution is 2.08. The molecule has 0 saturated heterocycles. The molecule has 1 atom stereocenters. The first-order valence-electron chi connectivity index (χ1n) is 13.8. The van der Waals surface area contributed by atoms with Crippen molar-refractivity contribution in [1.29, 1.82) is 0 Å². The fourth-order valence-electron chi connectivity index (χ4n) is 3.18. The summed E-state index contributed by atoms with van der Waals surface area (Å²) in [4.78, 5) is 45.3. The first-order chi connectivity index (χ1) is 20.9. The molecule has 0 aliphatic rings. The van der Waals surface area contributed by atoms with Crippen LogP contribution in [0.4, 0.5) is 0 Å². The van der Waals surface area contributed by atoms with Crippen LogP contribution in [0.5, 0.6) is 0 Å². The molecule has 0 radical (unpaired) electrons. The number of ether oxygens (including phenoxy) is 4. The molecule has 44 heavy (non-hydrogen) atoms. The van der Waals surface area contributed by atoms with Crippen molar-refractivity contribution in [3.8, 4) is 0 Å². The van der Waals surface area contributed by atoms with Gasteiger partial charge in [0.05, 0.1) is 26.4 Å². The van der Waals surface area contributed by atoms with Gasteiger partial charge in [0.25, 0.3) is 0 Å². The molecular weight excluding hydrogens is 659 g/mol. The Bertz CT molecular complexity index is 1190. The predicted molar refractivity (Wildman–Crippen MR) is 169 cm³/mol. The Kier molecular flexibility index (Phi) is 24.3. The van der Waals surface area contributed by atoms with E-state index in [0.29, 0.717) is 52.3 Å². The Labute approximate surface area is 273 Å². The van der Waals surface area contributed by atoms with Gasteiger partial charge in [-0.25, -0.2) is 4.79 Å². The van der Waals surface area contributed by atoms with Crippen molar-refractivity contribution in [2.24, 2.45) is 0 Å². The summed E-state index contributed by atoms with van der Waals surface area (Å²) < 4.78 is 38.6. The third-order valence-electron chi connectivity index (χ3n) is 5.10. The zero-order valence-corrected chi connectivity index (χ0v) is 27.8. The molecular formula is C30H39Cl3O10S. The highest BCUT2D eigenvalue weighted by molar-refractivity contribution is 8.31. The van der Waals surface area contributed by atoms with Gasteiger partial charge in [0.2, 0.25) is 0 Å². The zero-order valence-electron chi connectivity index (χ0n) is 24.8. The molecule has 0 bridgehead atoms. The first-order valence-corrected chi connectivity index (χ1v) is 17.3. The fraction of sp³-hybridized carbons (Fsp3) is 0.467. The Morgan fingerprint density at radius 1 is 0.727 bits per heavy atom. The van der Waals surface area contributed by atoms with Crippen LogP contribution >= 0.6 is 33.0 Å². The average Bonchev–Trinajstić information content (AvgIpc) is 2.97. The molecule has 2 aromatic carbocycles. The van der Waals surface area contributed by atoms with Gasteiger partial charge in [0.15, 0.2) is 11.2 Å². The van der Waals surface area contributed by atoms with Crippen LogP contribution in [0, 0.1) is 0 Å². The number of benzene rings is 2. The largest absolute Gasteiger partial charge is 0.466 e. The second kappa shape index (κ2) is 25.8. The van der Waals surface area contributed by atoms with Gasteiger partial charge < -0.3 is 18.9 Å². The zero-order chi connectivity index (χ0) is 33.2. The lowest BCUT2D eigenvalue weighted by Crippen LogP contribution is -2.26. The topological polar surface area (TPSA) is 139 Å². The maximum absolute atomic E-state index is 11.6. The molecule has 0 amide bonds. The Balaban J connectivity index is 0.000000729. The SMILES string of the molecule is CCOC(=O)C(Cl)C(=O)CCCOCc1ccccc1.CCOC(=O)CC(=O)CCCOCc1ccccc1.O=S(=O)(Cl)Cl. The van der Waals surface area contributed by atoms with Crippen molar-refractivity contribution in [1.82, 2.24) is 0 Å². The van der Waals surface area contributed by atoms with E-state index in [2.05, 4.69) is 26.1 Å². The van der Waals surface area contributed by atoms with E-state index in [1.165, 1.54) is 0 Å². The summed E-state index contributed by atoms with van der Waals surface area (Å²) in [6.07, 6.45) is 1.60. The van der Waals surface area contributed by atoms with Crippen LogP contribution in [0.1, 0.15) is 57.1 Å². The summed E-state index contributed by atoms with van der Waals surface area (Å²) in [6, 6.07) is 19.6. The number of Topliss-reactive ketones (excluding diaryl/α,β-unsaturated/α-hetero) is 2. The summed E-state index contributed by atoms with van der Waals surface area (Å²) in [6.45, 7) is 5.95. The molecule has 0 aliphatic heterocycles. The summed E-state index contributed by atoms with van der Waals surface area (Å²) in [5.74, 6) is -1.54. The van der Waals surface area contributed by atoms with E-state index in [0.717, 1.165) is 11.1 Å². The van der Waals surface area contributed by atoms with Crippen LogP contribution in [0.15, 0.2) is 60.7 Å². The summed E-state index contributed by atoms with van der Waals surface area (Å²) in [7, 11) is 4.81. The third-order valence-corrected chi connectivity index (χ3v) is 5.52. The van der Waals surface area contributed by atoms with E-state index in [-0.39, 0.29) is 31.0 Å². The van der Waals surface area contributed by atoms with Gasteiger partial charge in [-0.05, 0) is 37.8 Å². The molecule has 0 fully saturated rings. The van der Waals surface area contributed by atoms with E-state index >= 15 is 0 Å². The Morgan fingerprint density at radius 2 is 1.16 bits per heavy atom. The second-order valence-electron chi connectivity index (χ2n) is 8.76. The lowest BCUT2D eigenvalue weighted by Gasteiger charge is -2.08. The van der Waals surface area contributed by atoms with Crippen molar-refractivity contribution >= 4 is 64.7 Å². The normalized spacial score (nSPS) is 11.1. The predicted octanol–water partition coefficient (Wildman–Crippen LogP) is 5.94. The van der Waals surface area contributed by atoms with E-state index < -0.39 is 25.6 Å². The third kappa shape index (κ3) is 25.9. The molecule has 10 nitrogen and oxygen atoms in total. The van der Waals surface area contributed by atoms with Crippen molar-refractivity contribution < 1.29 is 46.5 Å². The van der Waals surface area contributed by atoms with Crippen molar-refractivity contribution in [2.75, 3.05) is 26.4 Å². The second-order valence-corrected chi connectivity index (χ2v) is 12.9. The molecule has 14 heteroatoms. The maximum atomic E-state index is 11.6. The Morgan fingerprint density at radius 3 is 1.59 bits per heavy atom. The lowest BCUT2D eigenvalue weighted by atomic mass is 10.1. The molecule has 0 N–H and O–H groups in total. The minimum atomic E-state index is -3.72. The fourth-order valence-corrected chi connectivity index (χ4v) is 3.36. The van der Waals surface area contributed by atoms with Crippen LogP contribution in [0.25, 0.3) is 0 Å². The van der Waals surface area contributed by atoms with Crippen molar-refractivity contribution in [2.45, 2.75) is 64.5 Å². The quantitative estimate of drug-likeness (QED) is 0.0605. The van der Waals surface area contributed by atoms with Crippen molar-refractivity contribution in [3.63, 3.8) is 0 Å². The van der Waals surface area contributed by atoms with Gasteiger partial charge in [0, 0.05) is 47.4 Å². The number of carbonyl (C=O) groups is 4. The summed E-state index contributed by atoms with van der Waals surface area (Å²) in [5.41, 5.74) is 2.20. The minimum absolute atomic E-state index is 0.0956. The average molecular weight is 698 g/mol.